The van der Waals surface area contributed by atoms with Gasteiger partial charge >= 0.3 is 0 Å². The smallest absolute Gasteiger partial charge is 0.279 e. The molecule has 0 aliphatic heterocycles. The highest BCUT2D eigenvalue weighted by Gasteiger charge is 2.16. The van der Waals surface area contributed by atoms with Gasteiger partial charge in [0.2, 0.25) is 0 Å². The summed E-state index contributed by atoms with van der Waals surface area (Å²) in [5.74, 6) is -2.26. The molecule has 0 bridgehead atoms. The number of carbonyl (C=O) groups is 2. The molecule has 138 valence electrons. The molecule has 0 saturated heterocycles. The summed E-state index contributed by atoms with van der Waals surface area (Å²) in [7, 11) is 1.68. The highest BCUT2D eigenvalue weighted by molar-refractivity contribution is 7.98. The van der Waals surface area contributed by atoms with Gasteiger partial charge in [0.25, 0.3) is 11.8 Å². The van der Waals surface area contributed by atoms with Crippen molar-refractivity contribution in [3.05, 3.63) is 54.1 Å². The second kappa shape index (κ2) is 9.30. The lowest BCUT2D eigenvalue weighted by Crippen LogP contribution is -3.11. The lowest BCUT2D eigenvalue weighted by atomic mass is 10.3. The summed E-state index contributed by atoms with van der Waals surface area (Å²) in [5, 5.41) is 5.19. The van der Waals surface area contributed by atoms with Crippen LogP contribution in [0.4, 0.5) is 20.2 Å². The zero-order valence-electron chi connectivity index (χ0n) is 14.4. The van der Waals surface area contributed by atoms with E-state index in [9.17, 15) is 18.4 Å². The molecule has 3 N–H and O–H groups in total. The Kier molecular flexibility index (Phi) is 7.11. The second-order valence-electron chi connectivity index (χ2n) is 5.73. The fourth-order valence-electron chi connectivity index (χ4n) is 2.34. The predicted octanol–water partition coefficient (Wildman–Crippen LogP) is 1.78. The molecule has 1 atom stereocenters. The summed E-state index contributed by atoms with van der Waals surface area (Å²) in [6, 6.07) is 10.3. The van der Waals surface area contributed by atoms with Crippen LogP contribution in [0.2, 0.25) is 0 Å². The van der Waals surface area contributed by atoms with Crippen LogP contribution in [0.3, 0.4) is 0 Å². The number of thioether (sulfide) groups is 1. The molecule has 0 heterocycles. The molecule has 0 fully saturated rings. The molecule has 2 rings (SSSR count). The molecular weight excluding hydrogens is 360 g/mol. The Morgan fingerprint density at radius 2 is 1.62 bits per heavy atom. The molecule has 0 aliphatic rings. The van der Waals surface area contributed by atoms with Crippen LogP contribution in [0.25, 0.3) is 0 Å². The molecule has 0 aliphatic carbocycles. The van der Waals surface area contributed by atoms with Crippen molar-refractivity contribution in [2.75, 3.05) is 37.0 Å². The van der Waals surface area contributed by atoms with Crippen LogP contribution in [0.5, 0.6) is 0 Å². The van der Waals surface area contributed by atoms with Crippen LogP contribution < -0.4 is 15.5 Å². The third kappa shape index (κ3) is 5.82. The molecule has 1 unspecified atom stereocenters. The molecule has 5 nitrogen and oxygen atoms in total. The maximum Gasteiger partial charge on any atom is 0.279 e. The van der Waals surface area contributed by atoms with Gasteiger partial charge in [0.05, 0.1) is 18.4 Å². The third-order valence-electron chi connectivity index (χ3n) is 3.51. The van der Waals surface area contributed by atoms with Crippen LogP contribution in [0.1, 0.15) is 0 Å². The molecule has 26 heavy (non-hydrogen) atoms. The average molecular weight is 380 g/mol. The number of carbonyl (C=O) groups excluding carboxylic acids is 2. The Morgan fingerprint density at radius 1 is 1.00 bits per heavy atom. The van der Waals surface area contributed by atoms with Gasteiger partial charge in [-0.05, 0) is 30.5 Å². The number of halogens is 2. The minimum atomic E-state index is -0.845. The van der Waals surface area contributed by atoms with Gasteiger partial charge < -0.3 is 15.5 Å². The summed E-state index contributed by atoms with van der Waals surface area (Å²) in [6.45, 7) is 0.0381. The summed E-state index contributed by atoms with van der Waals surface area (Å²) in [5.41, 5.74) is 0.623. The minimum Gasteiger partial charge on any atom is -0.322 e. The Hall–Kier alpha value is -2.45. The first-order valence-electron chi connectivity index (χ1n) is 7.88. The molecule has 2 aromatic rings. The molecule has 2 amide bonds. The highest BCUT2D eigenvalue weighted by atomic mass is 32.2. The van der Waals surface area contributed by atoms with Crippen molar-refractivity contribution < 1.29 is 23.3 Å². The SMILES string of the molecule is CSc1ccccc1NC(=O)C[NH+](C)CC(=O)Nc1ccc(F)cc1F. The number of likely N-dealkylation sites (N-methyl/N-ethyl adjacent to an activating group) is 1. The van der Waals surface area contributed by atoms with Gasteiger partial charge in [-0.1, -0.05) is 12.1 Å². The predicted molar refractivity (Wildman–Crippen MR) is 98.5 cm³/mol. The number of para-hydroxylation sites is 1. The van der Waals surface area contributed by atoms with Crippen LogP contribution >= 0.6 is 11.8 Å². The van der Waals surface area contributed by atoms with Crippen LogP contribution in [-0.2, 0) is 9.59 Å². The first kappa shape index (κ1) is 19.9. The van der Waals surface area contributed by atoms with Crippen molar-refractivity contribution in [2.45, 2.75) is 4.90 Å². The fraction of sp³-hybridized carbons (Fsp3) is 0.222. The second-order valence-corrected chi connectivity index (χ2v) is 6.58. The topological polar surface area (TPSA) is 62.6 Å². The summed E-state index contributed by atoms with van der Waals surface area (Å²) >= 11 is 1.52. The van der Waals surface area contributed by atoms with E-state index in [1.807, 2.05) is 30.5 Å². The largest absolute Gasteiger partial charge is 0.322 e. The lowest BCUT2D eigenvalue weighted by molar-refractivity contribution is -0.862. The van der Waals surface area contributed by atoms with Gasteiger partial charge in [-0.3, -0.25) is 9.59 Å². The fourth-order valence-corrected chi connectivity index (χ4v) is 2.89. The van der Waals surface area contributed by atoms with Crippen molar-refractivity contribution in [1.29, 1.82) is 0 Å². The maximum absolute atomic E-state index is 13.5. The first-order chi connectivity index (χ1) is 12.4. The van der Waals surface area contributed by atoms with Crippen molar-refractivity contribution in [1.82, 2.24) is 0 Å². The molecule has 0 aromatic heterocycles. The van der Waals surface area contributed by atoms with Gasteiger partial charge in [-0.2, -0.15) is 0 Å². The molecule has 8 heteroatoms. The van der Waals surface area contributed by atoms with E-state index in [0.29, 0.717) is 11.0 Å². The van der Waals surface area contributed by atoms with E-state index >= 15 is 0 Å². The number of nitrogens with one attached hydrogen (secondary N) is 3. The van der Waals surface area contributed by atoms with Crippen molar-refractivity contribution in [3.8, 4) is 0 Å². The molecular formula is C18H20F2N3O2S+. The average Bonchev–Trinajstić information content (AvgIpc) is 2.57. The Labute approximate surface area is 154 Å². The zero-order chi connectivity index (χ0) is 19.1. The molecule has 0 spiro atoms. The van der Waals surface area contributed by atoms with E-state index in [1.54, 1.807) is 7.05 Å². The van der Waals surface area contributed by atoms with E-state index < -0.39 is 17.5 Å². The molecule has 0 radical (unpaired) electrons. The monoisotopic (exact) mass is 380 g/mol. The first-order valence-corrected chi connectivity index (χ1v) is 9.10. The Bertz CT molecular complexity index is 802. The highest BCUT2D eigenvalue weighted by Crippen LogP contribution is 2.24. The van der Waals surface area contributed by atoms with Gasteiger partial charge in [0.1, 0.15) is 11.6 Å². The van der Waals surface area contributed by atoms with Crippen molar-refractivity contribution in [3.63, 3.8) is 0 Å². The Balaban J connectivity index is 1.86. The number of hydrogen-bond donors (Lipinski definition) is 3. The minimum absolute atomic E-state index is 0.0333. The van der Waals surface area contributed by atoms with E-state index in [2.05, 4.69) is 10.6 Å². The van der Waals surface area contributed by atoms with Crippen molar-refractivity contribution >= 4 is 35.0 Å². The summed E-state index contributed by atoms with van der Waals surface area (Å²) < 4.78 is 26.4. The number of amides is 2. The lowest BCUT2D eigenvalue weighted by Gasteiger charge is -2.15. The zero-order valence-corrected chi connectivity index (χ0v) is 15.3. The van der Waals surface area contributed by atoms with Gasteiger partial charge in [-0.15, -0.1) is 11.8 Å². The van der Waals surface area contributed by atoms with Crippen LogP contribution in [-0.4, -0.2) is 38.2 Å². The standard InChI is InChI=1S/C18H19F2N3O2S/c1-23(10-17(24)21-14-8-7-12(19)9-13(14)20)11-18(25)22-15-5-3-4-6-16(15)26-2/h3-9H,10-11H2,1-2H3,(H,21,24)(H,22,25)/p+1. The third-order valence-corrected chi connectivity index (χ3v) is 4.31. The number of quaternary nitrogens is 1. The molecule has 0 saturated carbocycles. The quantitative estimate of drug-likeness (QED) is 0.642. The van der Waals surface area contributed by atoms with Gasteiger partial charge in [0, 0.05) is 11.0 Å². The number of anilines is 2. The summed E-state index contributed by atoms with van der Waals surface area (Å²) in [6.07, 6.45) is 1.92. The van der Waals surface area contributed by atoms with E-state index in [0.717, 1.165) is 22.7 Å². The van der Waals surface area contributed by atoms with Crippen LogP contribution in [0.15, 0.2) is 47.4 Å². The van der Waals surface area contributed by atoms with Crippen LogP contribution in [0, 0.1) is 11.6 Å². The molecule has 2 aromatic carbocycles. The van der Waals surface area contributed by atoms with Gasteiger partial charge in [0.15, 0.2) is 13.1 Å². The number of benzene rings is 2. The van der Waals surface area contributed by atoms with Gasteiger partial charge in [-0.25, -0.2) is 8.78 Å². The normalized spacial score (nSPS) is 11.7. The Morgan fingerprint density at radius 3 is 2.23 bits per heavy atom. The van der Waals surface area contributed by atoms with Crippen molar-refractivity contribution in [2.24, 2.45) is 0 Å². The van der Waals surface area contributed by atoms with E-state index in [4.69, 9.17) is 0 Å². The number of rotatable bonds is 7. The maximum atomic E-state index is 13.5. The number of hydrogen-bond acceptors (Lipinski definition) is 3. The van der Waals surface area contributed by atoms with E-state index in [-0.39, 0.29) is 24.7 Å². The summed E-state index contributed by atoms with van der Waals surface area (Å²) in [4.78, 5) is 25.7. The van der Waals surface area contributed by atoms with E-state index in [1.165, 1.54) is 11.8 Å².